The zero-order chi connectivity index (χ0) is 18.8. The number of halogens is 2. The van der Waals surface area contributed by atoms with Gasteiger partial charge in [0.05, 0.1) is 6.61 Å². The van der Waals surface area contributed by atoms with Crippen LogP contribution in [-0.4, -0.2) is 48.1 Å². The maximum atomic E-state index is 13.9. The van der Waals surface area contributed by atoms with Crippen LogP contribution in [0.1, 0.15) is 16.7 Å². The molecule has 2 aliphatic heterocycles. The quantitative estimate of drug-likeness (QED) is 0.831. The number of rotatable bonds is 3. The van der Waals surface area contributed by atoms with Gasteiger partial charge < -0.3 is 9.64 Å². The maximum absolute atomic E-state index is 13.9. The summed E-state index contributed by atoms with van der Waals surface area (Å²) < 4.78 is 32.7. The number of ether oxygens (including phenoxy) is 1. The van der Waals surface area contributed by atoms with Crippen molar-refractivity contribution < 1.29 is 18.3 Å². The Labute approximate surface area is 157 Å². The second-order valence-corrected chi connectivity index (χ2v) is 7.11. The Bertz CT molecular complexity index is 843. The number of morpholine rings is 1. The fraction of sp³-hybridized carbons (Fsp3) is 0.381. The Kier molecular flexibility index (Phi) is 5.18. The van der Waals surface area contributed by atoms with Crippen LogP contribution in [0, 0.1) is 11.6 Å². The Morgan fingerprint density at radius 3 is 2.74 bits per heavy atom. The van der Waals surface area contributed by atoms with Crippen LogP contribution in [-0.2, 0) is 29.0 Å². The highest BCUT2D eigenvalue weighted by Gasteiger charge is 2.32. The molecule has 6 heteroatoms. The number of fused-ring (bicyclic) bond motifs is 1. The molecule has 2 aromatic carbocycles. The second-order valence-electron chi connectivity index (χ2n) is 7.11. The molecule has 142 valence electrons. The predicted molar refractivity (Wildman–Crippen MR) is 96.9 cm³/mol. The zero-order valence-corrected chi connectivity index (χ0v) is 15.0. The lowest BCUT2D eigenvalue weighted by Gasteiger charge is -2.36. The molecule has 1 unspecified atom stereocenters. The van der Waals surface area contributed by atoms with E-state index in [9.17, 15) is 13.6 Å². The molecule has 1 amide bonds. The molecule has 4 rings (SSSR count). The van der Waals surface area contributed by atoms with Crippen molar-refractivity contribution in [2.75, 3.05) is 26.2 Å². The molecular formula is C21H22F2N2O2. The number of benzene rings is 2. The molecule has 0 N–H and O–H groups in total. The zero-order valence-electron chi connectivity index (χ0n) is 15.0. The van der Waals surface area contributed by atoms with Crippen LogP contribution >= 0.6 is 0 Å². The average Bonchev–Trinajstić information content (AvgIpc) is 2.69. The summed E-state index contributed by atoms with van der Waals surface area (Å²) in [5, 5.41) is 0. The van der Waals surface area contributed by atoms with Gasteiger partial charge in [0, 0.05) is 44.4 Å². The first-order valence-electron chi connectivity index (χ1n) is 9.23. The molecule has 2 heterocycles. The van der Waals surface area contributed by atoms with Crippen molar-refractivity contribution in [3.8, 4) is 0 Å². The van der Waals surface area contributed by atoms with E-state index in [2.05, 4.69) is 12.1 Å². The molecule has 2 aromatic rings. The van der Waals surface area contributed by atoms with Crippen molar-refractivity contribution in [3.63, 3.8) is 0 Å². The molecule has 27 heavy (non-hydrogen) atoms. The fourth-order valence-electron chi connectivity index (χ4n) is 3.77. The average molecular weight is 372 g/mol. The summed E-state index contributed by atoms with van der Waals surface area (Å²) in [6, 6.07) is 11.8. The molecule has 0 spiro atoms. The first-order valence-corrected chi connectivity index (χ1v) is 9.23. The third kappa shape index (κ3) is 4.01. The van der Waals surface area contributed by atoms with Crippen LogP contribution in [0.25, 0.3) is 0 Å². The van der Waals surface area contributed by atoms with Crippen LogP contribution in [0.3, 0.4) is 0 Å². The minimum absolute atomic E-state index is 0.0196. The normalized spacial score (nSPS) is 20.4. The number of nitrogens with zero attached hydrogens (tertiary/aromatic N) is 2. The highest BCUT2D eigenvalue weighted by atomic mass is 19.1. The van der Waals surface area contributed by atoms with Crippen molar-refractivity contribution in [1.82, 2.24) is 9.80 Å². The van der Waals surface area contributed by atoms with E-state index in [0.29, 0.717) is 44.9 Å². The molecule has 1 fully saturated rings. The van der Waals surface area contributed by atoms with E-state index in [1.165, 1.54) is 23.3 Å². The number of carbonyl (C=O) groups excluding carboxylic acids is 1. The van der Waals surface area contributed by atoms with E-state index in [1.807, 2.05) is 21.9 Å². The Hall–Kier alpha value is -2.31. The standard InChI is InChI=1S/C21H22F2N2O2/c22-18-6-5-17(19(23)11-18)12-24-9-10-27-20(14-24)21(26)25-8-7-15-3-1-2-4-16(15)13-25/h1-6,11,20H,7-10,12-14H2. The van der Waals surface area contributed by atoms with Gasteiger partial charge in [0.25, 0.3) is 5.91 Å². The van der Waals surface area contributed by atoms with Crippen LogP contribution in [0.2, 0.25) is 0 Å². The van der Waals surface area contributed by atoms with Gasteiger partial charge in [-0.2, -0.15) is 0 Å². The van der Waals surface area contributed by atoms with Crippen LogP contribution < -0.4 is 0 Å². The van der Waals surface area contributed by atoms with Gasteiger partial charge in [-0.1, -0.05) is 30.3 Å². The van der Waals surface area contributed by atoms with Crippen molar-refractivity contribution in [3.05, 3.63) is 70.8 Å². The Morgan fingerprint density at radius 2 is 1.93 bits per heavy atom. The predicted octanol–water partition coefficient (Wildman–Crippen LogP) is 2.75. The van der Waals surface area contributed by atoms with E-state index >= 15 is 0 Å². The minimum atomic E-state index is -0.586. The molecule has 0 radical (unpaired) electrons. The van der Waals surface area contributed by atoms with E-state index in [0.717, 1.165) is 12.5 Å². The minimum Gasteiger partial charge on any atom is -0.366 e. The summed E-state index contributed by atoms with van der Waals surface area (Å²) in [4.78, 5) is 16.8. The van der Waals surface area contributed by atoms with Crippen molar-refractivity contribution in [2.24, 2.45) is 0 Å². The third-order valence-electron chi connectivity index (χ3n) is 5.28. The highest BCUT2D eigenvalue weighted by Crippen LogP contribution is 2.21. The van der Waals surface area contributed by atoms with Gasteiger partial charge in [-0.15, -0.1) is 0 Å². The van der Waals surface area contributed by atoms with Crippen molar-refractivity contribution in [2.45, 2.75) is 25.6 Å². The van der Waals surface area contributed by atoms with Crippen LogP contribution in [0.5, 0.6) is 0 Å². The third-order valence-corrected chi connectivity index (χ3v) is 5.28. The van der Waals surface area contributed by atoms with E-state index < -0.39 is 17.7 Å². The molecule has 2 aliphatic rings. The lowest BCUT2D eigenvalue weighted by Crippen LogP contribution is -2.51. The lowest BCUT2D eigenvalue weighted by atomic mass is 9.99. The van der Waals surface area contributed by atoms with Crippen molar-refractivity contribution in [1.29, 1.82) is 0 Å². The molecule has 1 saturated heterocycles. The lowest BCUT2D eigenvalue weighted by molar-refractivity contribution is -0.150. The number of hydrogen-bond acceptors (Lipinski definition) is 3. The second kappa shape index (κ2) is 7.74. The summed E-state index contributed by atoms with van der Waals surface area (Å²) in [7, 11) is 0. The van der Waals surface area contributed by atoms with Gasteiger partial charge >= 0.3 is 0 Å². The summed E-state index contributed by atoms with van der Waals surface area (Å²) in [6.45, 7) is 3.06. The van der Waals surface area contributed by atoms with Gasteiger partial charge in [0.2, 0.25) is 0 Å². The van der Waals surface area contributed by atoms with Crippen LogP contribution in [0.15, 0.2) is 42.5 Å². The van der Waals surface area contributed by atoms with Gasteiger partial charge in [-0.3, -0.25) is 9.69 Å². The number of amides is 1. The van der Waals surface area contributed by atoms with E-state index in [4.69, 9.17) is 4.74 Å². The van der Waals surface area contributed by atoms with E-state index in [1.54, 1.807) is 0 Å². The molecule has 0 aromatic heterocycles. The SMILES string of the molecule is O=C(C1CN(Cc2ccc(F)cc2F)CCO1)N1CCc2ccccc2C1. The van der Waals surface area contributed by atoms with Gasteiger partial charge in [-0.05, 0) is 23.6 Å². The molecular weight excluding hydrogens is 350 g/mol. The largest absolute Gasteiger partial charge is 0.366 e. The number of hydrogen-bond donors (Lipinski definition) is 0. The molecule has 1 atom stereocenters. The molecule has 0 saturated carbocycles. The first-order chi connectivity index (χ1) is 13.1. The highest BCUT2D eigenvalue weighted by molar-refractivity contribution is 5.81. The first kappa shape index (κ1) is 18.1. The van der Waals surface area contributed by atoms with Crippen molar-refractivity contribution >= 4 is 5.91 Å². The topological polar surface area (TPSA) is 32.8 Å². The number of carbonyl (C=O) groups is 1. The molecule has 0 bridgehead atoms. The fourth-order valence-corrected chi connectivity index (χ4v) is 3.77. The van der Waals surface area contributed by atoms with Crippen LogP contribution in [0.4, 0.5) is 8.78 Å². The van der Waals surface area contributed by atoms with Gasteiger partial charge in [0.15, 0.2) is 0 Å². The monoisotopic (exact) mass is 372 g/mol. The Morgan fingerprint density at radius 1 is 1.11 bits per heavy atom. The Balaban J connectivity index is 1.40. The maximum Gasteiger partial charge on any atom is 0.253 e. The summed E-state index contributed by atoms with van der Waals surface area (Å²) in [5.74, 6) is -1.16. The summed E-state index contributed by atoms with van der Waals surface area (Å²) in [5.41, 5.74) is 2.90. The molecule has 0 aliphatic carbocycles. The summed E-state index contributed by atoms with van der Waals surface area (Å²) >= 11 is 0. The molecule has 4 nitrogen and oxygen atoms in total. The smallest absolute Gasteiger partial charge is 0.253 e. The summed E-state index contributed by atoms with van der Waals surface area (Å²) in [6.07, 6.45) is 0.298. The van der Waals surface area contributed by atoms with Gasteiger partial charge in [0.1, 0.15) is 17.7 Å². The van der Waals surface area contributed by atoms with Gasteiger partial charge in [-0.25, -0.2) is 8.78 Å². The van der Waals surface area contributed by atoms with E-state index in [-0.39, 0.29) is 5.91 Å².